The van der Waals surface area contributed by atoms with Crippen LogP contribution in [0.3, 0.4) is 0 Å². The smallest absolute Gasteiger partial charge is 0.267 e. The number of benzene rings is 1. The van der Waals surface area contributed by atoms with E-state index >= 15 is 0 Å². The highest BCUT2D eigenvalue weighted by Gasteiger charge is 2.25. The number of amides is 1. The first-order valence-corrected chi connectivity index (χ1v) is 12.0. The lowest BCUT2D eigenvalue weighted by Gasteiger charge is -2.28. The van der Waals surface area contributed by atoms with Gasteiger partial charge in [0.05, 0.1) is 20.6 Å². The summed E-state index contributed by atoms with van der Waals surface area (Å²) >= 11 is 4.53. The Morgan fingerprint density at radius 1 is 1.30 bits per heavy atom. The first-order chi connectivity index (χ1) is 14.4. The molecule has 160 valence electrons. The zero-order chi connectivity index (χ0) is 21.3. The Bertz CT molecular complexity index is 1030. The van der Waals surface area contributed by atoms with Crippen LogP contribution >= 0.6 is 45.2 Å². The van der Waals surface area contributed by atoms with Crippen molar-refractivity contribution in [3.63, 3.8) is 0 Å². The minimum atomic E-state index is -0.0952. The number of aromatic nitrogens is 2. The average Bonchev–Trinajstić information content (AvgIpc) is 3.25. The van der Waals surface area contributed by atoms with Gasteiger partial charge in [0.25, 0.3) is 11.8 Å². The number of fused-ring (bicyclic) bond motifs is 1. The average molecular weight is 637 g/mol. The largest absolute Gasteiger partial charge is 0.493 e. The van der Waals surface area contributed by atoms with Crippen LogP contribution in [0.2, 0.25) is 0 Å². The predicted molar refractivity (Wildman–Crippen MR) is 127 cm³/mol. The lowest BCUT2D eigenvalue weighted by molar-refractivity contribution is -0.129. The first kappa shape index (κ1) is 21.7. The summed E-state index contributed by atoms with van der Waals surface area (Å²) in [4.78, 5) is 17.8. The zero-order valence-electron chi connectivity index (χ0n) is 16.5. The van der Waals surface area contributed by atoms with Crippen molar-refractivity contribution in [3.05, 3.63) is 24.3 Å². The molecule has 10 heteroatoms. The monoisotopic (exact) mass is 637 g/mol. The number of hydrogen-bond acceptors (Lipinski definition) is 7. The Hall–Kier alpha value is -1.57. The molecule has 0 spiro atoms. The quantitative estimate of drug-likeness (QED) is 0.249. The first-order valence-electron chi connectivity index (χ1n) is 9.55. The highest BCUT2D eigenvalue weighted by molar-refractivity contribution is 14.2. The minimum Gasteiger partial charge on any atom is -0.493 e. The molecule has 1 aliphatic rings. The molecule has 0 radical (unpaired) electrons. The molecule has 1 amide bonds. The van der Waals surface area contributed by atoms with Crippen molar-refractivity contribution >= 4 is 62.2 Å². The number of nitrogens with zero attached hydrogens (tertiary/aromatic N) is 3. The SMILES string of the molecule is CC(=O)N(C)C(COc1cc(-c2nc3cc(OCC4CC4)ccc3o2)on1)C(I)I. The van der Waals surface area contributed by atoms with Gasteiger partial charge < -0.3 is 23.3 Å². The number of alkyl halides is 2. The van der Waals surface area contributed by atoms with Gasteiger partial charge >= 0.3 is 0 Å². The molecule has 0 aliphatic heterocycles. The van der Waals surface area contributed by atoms with E-state index in [0.717, 1.165) is 12.4 Å². The summed E-state index contributed by atoms with van der Waals surface area (Å²) in [7, 11) is 1.76. The molecule has 2 aromatic heterocycles. The van der Waals surface area contributed by atoms with Crippen molar-refractivity contribution in [2.45, 2.75) is 27.7 Å². The number of carbonyl (C=O) groups excluding carboxylic acids is 1. The molecule has 1 aliphatic carbocycles. The Labute approximate surface area is 200 Å². The third-order valence-corrected chi connectivity index (χ3v) is 6.59. The van der Waals surface area contributed by atoms with Crippen LogP contribution in [0.5, 0.6) is 11.6 Å². The number of halogens is 2. The predicted octanol–water partition coefficient (Wildman–Crippen LogP) is 4.69. The Morgan fingerprint density at radius 3 is 2.80 bits per heavy atom. The summed E-state index contributed by atoms with van der Waals surface area (Å²) < 4.78 is 22.9. The minimum absolute atomic E-state index is 0.0188. The van der Waals surface area contributed by atoms with Crippen LogP contribution in [-0.4, -0.2) is 49.2 Å². The van der Waals surface area contributed by atoms with Crippen molar-refractivity contribution < 1.29 is 23.2 Å². The molecule has 8 nitrogen and oxygen atoms in total. The van der Waals surface area contributed by atoms with Gasteiger partial charge in [-0.15, -0.1) is 0 Å². The van der Waals surface area contributed by atoms with Crippen LogP contribution in [0.25, 0.3) is 22.8 Å². The highest BCUT2D eigenvalue weighted by atomic mass is 127. The number of rotatable bonds is 9. The lowest BCUT2D eigenvalue weighted by atomic mass is 10.3. The van der Waals surface area contributed by atoms with Gasteiger partial charge in [0.1, 0.15) is 17.9 Å². The number of oxazole rings is 1. The number of ether oxygens (including phenoxy) is 2. The molecule has 1 aromatic carbocycles. The third kappa shape index (κ3) is 5.18. The molecule has 30 heavy (non-hydrogen) atoms. The van der Waals surface area contributed by atoms with E-state index in [-0.39, 0.29) is 13.9 Å². The molecule has 2 heterocycles. The second-order valence-electron chi connectivity index (χ2n) is 7.28. The van der Waals surface area contributed by atoms with Gasteiger partial charge in [-0.2, -0.15) is 0 Å². The topological polar surface area (TPSA) is 90.8 Å². The van der Waals surface area contributed by atoms with Gasteiger partial charge in [0.15, 0.2) is 5.58 Å². The van der Waals surface area contributed by atoms with Crippen molar-refractivity contribution in [1.29, 1.82) is 0 Å². The van der Waals surface area contributed by atoms with Gasteiger partial charge in [-0.3, -0.25) is 4.79 Å². The van der Waals surface area contributed by atoms with Crippen molar-refractivity contribution in [3.8, 4) is 23.3 Å². The van der Waals surface area contributed by atoms with Gasteiger partial charge in [0.2, 0.25) is 11.7 Å². The Morgan fingerprint density at radius 2 is 2.10 bits per heavy atom. The van der Waals surface area contributed by atoms with Crippen LogP contribution in [0.1, 0.15) is 19.8 Å². The van der Waals surface area contributed by atoms with Crippen molar-refractivity contribution in [2.75, 3.05) is 20.3 Å². The molecular weight excluding hydrogens is 616 g/mol. The van der Waals surface area contributed by atoms with E-state index in [1.165, 1.54) is 19.8 Å². The zero-order valence-corrected chi connectivity index (χ0v) is 20.8. The van der Waals surface area contributed by atoms with E-state index in [4.69, 9.17) is 18.4 Å². The van der Waals surface area contributed by atoms with E-state index in [9.17, 15) is 4.79 Å². The molecule has 0 N–H and O–H groups in total. The van der Waals surface area contributed by atoms with E-state index in [0.29, 0.717) is 41.2 Å². The molecule has 0 saturated heterocycles. The summed E-state index contributed by atoms with van der Waals surface area (Å²) in [6.45, 7) is 2.58. The summed E-state index contributed by atoms with van der Waals surface area (Å²) in [6, 6.07) is 7.12. The van der Waals surface area contributed by atoms with Crippen LogP contribution < -0.4 is 9.47 Å². The fourth-order valence-electron chi connectivity index (χ4n) is 2.79. The van der Waals surface area contributed by atoms with Gasteiger partial charge in [0, 0.05) is 20.0 Å². The van der Waals surface area contributed by atoms with Gasteiger partial charge in [-0.1, -0.05) is 45.2 Å². The maximum Gasteiger partial charge on any atom is 0.267 e. The molecular formula is C20H21I2N3O5. The molecule has 1 atom stereocenters. The second kappa shape index (κ2) is 9.28. The summed E-state index contributed by atoms with van der Waals surface area (Å²) in [6.07, 6.45) is 2.49. The maximum absolute atomic E-state index is 11.7. The Kier molecular flexibility index (Phi) is 6.70. The van der Waals surface area contributed by atoms with E-state index < -0.39 is 0 Å². The third-order valence-electron chi connectivity index (χ3n) is 4.93. The standard InChI is InChI=1S/C20H21I2N3O5/c1-11(26)25(2)15(19(21)22)10-28-18-8-17(30-24-18)20-23-14-7-13(5-6-16(14)29-20)27-9-12-3-4-12/h5-8,12,15,19H,3-4,9-10H2,1-2H3. The number of hydrogen-bond donors (Lipinski definition) is 0. The van der Waals surface area contributed by atoms with Gasteiger partial charge in [-0.25, -0.2) is 4.98 Å². The highest BCUT2D eigenvalue weighted by Crippen LogP contribution is 2.32. The van der Waals surface area contributed by atoms with Crippen LogP contribution in [-0.2, 0) is 4.79 Å². The molecule has 1 fully saturated rings. The normalized spacial score (nSPS) is 14.8. The van der Waals surface area contributed by atoms with Crippen LogP contribution in [0.4, 0.5) is 0 Å². The molecule has 1 saturated carbocycles. The fourth-order valence-corrected chi connectivity index (χ4v) is 4.17. The van der Waals surface area contributed by atoms with Crippen molar-refractivity contribution in [2.24, 2.45) is 5.92 Å². The summed E-state index contributed by atoms with van der Waals surface area (Å²) in [5, 5.41) is 3.94. The van der Waals surface area contributed by atoms with Crippen LogP contribution in [0.15, 0.2) is 33.2 Å². The number of likely N-dealkylation sites (N-methyl/N-ethyl adjacent to an activating group) is 1. The van der Waals surface area contributed by atoms with Crippen LogP contribution in [0, 0.1) is 5.92 Å². The number of carbonyl (C=O) groups is 1. The van der Waals surface area contributed by atoms with E-state index in [1.54, 1.807) is 18.0 Å². The van der Waals surface area contributed by atoms with E-state index in [1.807, 2.05) is 18.2 Å². The Balaban J connectivity index is 1.43. The van der Waals surface area contributed by atoms with E-state index in [2.05, 4.69) is 55.3 Å². The summed E-state index contributed by atoms with van der Waals surface area (Å²) in [5.74, 6) is 2.46. The molecule has 4 rings (SSSR count). The van der Waals surface area contributed by atoms with Gasteiger partial charge in [-0.05, 0) is 36.0 Å². The summed E-state index contributed by atoms with van der Waals surface area (Å²) in [5.41, 5.74) is 1.33. The molecule has 1 unspecified atom stereocenters. The molecule has 3 aromatic rings. The fraction of sp³-hybridized carbons (Fsp3) is 0.450. The molecule has 0 bridgehead atoms. The lowest BCUT2D eigenvalue weighted by Crippen LogP contribution is -2.43. The maximum atomic E-state index is 11.7. The second-order valence-corrected chi connectivity index (χ2v) is 12.3. The van der Waals surface area contributed by atoms with Crippen molar-refractivity contribution in [1.82, 2.24) is 15.0 Å².